The van der Waals surface area contributed by atoms with Crippen molar-refractivity contribution < 1.29 is 13.5 Å². The van der Waals surface area contributed by atoms with Crippen LogP contribution >= 0.6 is 0 Å². The summed E-state index contributed by atoms with van der Waals surface area (Å²) < 4.78 is 32.1. The van der Waals surface area contributed by atoms with E-state index in [0.717, 1.165) is 25.3 Å². The summed E-state index contributed by atoms with van der Waals surface area (Å²) in [7, 11) is 1.41. The van der Waals surface area contributed by atoms with Gasteiger partial charge in [-0.3, -0.25) is 0 Å². The van der Waals surface area contributed by atoms with Gasteiger partial charge in [0.1, 0.15) is 17.4 Å². The van der Waals surface area contributed by atoms with Crippen molar-refractivity contribution in [3.05, 3.63) is 29.3 Å². The van der Waals surface area contributed by atoms with Crippen LogP contribution < -0.4 is 10.5 Å². The molecule has 0 bridgehead atoms. The number of benzene rings is 1. The summed E-state index contributed by atoms with van der Waals surface area (Å²) in [5.74, 6) is -1.03. The molecule has 2 nitrogen and oxygen atoms in total. The van der Waals surface area contributed by atoms with Gasteiger partial charge in [-0.15, -0.1) is 0 Å². The monoisotopic (exact) mass is 241 g/mol. The molecular formula is C13H17F2NO. The molecule has 1 aliphatic rings. The van der Waals surface area contributed by atoms with Gasteiger partial charge >= 0.3 is 0 Å². The van der Waals surface area contributed by atoms with E-state index in [4.69, 9.17) is 10.5 Å². The Bertz CT molecular complexity index is 414. The first kappa shape index (κ1) is 12.3. The molecule has 4 heteroatoms. The number of ether oxygens (including phenoxy) is 1. The number of halogens is 2. The average Bonchev–Trinajstić information content (AvgIpc) is 2.28. The van der Waals surface area contributed by atoms with Crippen LogP contribution in [0.15, 0.2) is 12.1 Å². The second kappa shape index (κ2) is 4.61. The molecule has 0 aliphatic heterocycles. The Balaban J connectivity index is 2.49. The van der Waals surface area contributed by atoms with Crippen LogP contribution in [0.4, 0.5) is 8.78 Å². The molecule has 1 aromatic carbocycles. The van der Waals surface area contributed by atoms with Crippen LogP contribution in [-0.4, -0.2) is 7.11 Å². The van der Waals surface area contributed by atoms with Crippen molar-refractivity contribution in [3.8, 4) is 5.75 Å². The van der Waals surface area contributed by atoms with Gasteiger partial charge in [0.25, 0.3) is 0 Å². The molecule has 0 unspecified atom stereocenters. The largest absolute Gasteiger partial charge is 0.496 e. The molecule has 0 aromatic heterocycles. The molecule has 1 saturated carbocycles. The van der Waals surface area contributed by atoms with Crippen LogP contribution in [-0.2, 0) is 5.54 Å². The van der Waals surface area contributed by atoms with Crippen LogP contribution in [0.3, 0.4) is 0 Å². The first-order valence-electron chi connectivity index (χ1n) is 5.89. The lowest BCUT2D eigenvalue weighted by Crippen LogP contribution is -2.39. The number of hydrogen-bond donors (Lipinski definition) is 1. The molecule has 0 atom stereocenters. The van der Waals surface area contributed by atoms with Crippen LogP contribution in [0.1, 0.15) is 37.7 Å². The van der Waals surface area contributed by atoms with Gasteiger partial charge in [-0.05, 0) is 12.8 Å². The molecule has 2 N–H and O–H groups in total. The first-order chi connectivity index (χ1) is 8.07. The van der Waals surface area contributed by atoms with Gasteiger partial charge in [0.05, 0.1) is 7.11 Å². The minimum absolute atomic E-state index is 0.215. The molecule has 0 amide bonds. The summed E-state index contributed by atoms with van der Waals surface area (Å²) in [6.45, 7) is 0. The SMILES string of the molecule is COc1cc(F)cc(F)c1C1(N)CCCCC1. The molecule has 2 rings (SSSR count). The summed E-state index contributed by atoms with van der Waals surface area (Å²) >= 11 is 0. The number of hydrogen-bond acceptors (Lipinski definition) is 2. The van der Waals surface area contributed by atoms with Gasteiger partial charge in [0.15, 0.2) is 0 Å². The van der Waals surface area contributed by atoms with Gasteiger partial charge in [0, 0.05) is 23.2 Å². The molecule has 0 radical (unpaired) electrons. The van der Waals surface area contributed by atoms with E-state index in [9.17, 15) is 8.78 Å². The van der Waals surface area contributed by atoms with Crippen LogP contribution in [0.2, 0.25) is 0 Å². The van der Waals surface area contributed by atoms with Gasteiger partial charge in [-0.1, -0.05) is 19.3 Å². The number of methoxy groups -OCH3 is 1. The minimum atomic E-state index is -0.721. The standard InChI is InChI=1S/C13H17F2NO/c1-17-11-8-9(14)7-10(15)12(11)13(16)5-3-2-4-6-13/h7-8H,2-6,16H2,1H3. The van der Waals surface area contributed by atoms with Crippen LogP contribution in [0.5, 0.6) is 5.75 Å². The van der Waals surface area contributed by atoms with E-state index >= 15 is 0 Å². The van der Waals surface area contributed by atoms with E-state index < -0.39 is 17.2 Å². The first-order valence-corrected chi connectivity index (χ1v) is 5.89. The summed E-state index contributed by atoms with van der Waals surface area (Å²) in [5, 5.41) is 0. The summed E-state index contributed by atoms with van der Waals surface area (Å²) in [6, 6.07) is 2.07. The molecule has 0 spiro atoms. The maximum Gasteiger partial charge on any atom is 0.134 e. The molecule has 0 heterocycles. The predicted molar refractivity (Wildman–Crippen MR) is 61.9 cm³/mol. The van der Waals surface area contributed by atoms with Crippen molar-refractivity contribution in [2.75, 3.05) is 7.11 Å². The Morgan fingerprint density at radius 3 is 2.41 bits per heavy atom. The van der Waals surface area contributed by atoms with Crippen LogP contribution in [0, 0.1) is 11.6 Å². The quantitative estimate of drug-likeness (QED) is 0.863. The van der Waals surface area contributed by atoms with Crippen molar-refractivity contribution in [1.29, 1.82) is 0 Å². The van der Waals surface area contributed by atoms with Crippen molar-refractivity contribution in [2.45, 2.75) is 37.6 Å². The van der Waals surface area contributed by atoms with Gasteiger partial charge in [0.2, 0.25) is 0 Å². The van der Waals surface area contributed by atoms with Crippen molar-refractivity contribution >= 4 is 0 Å². The van der Waals surface area contributed by atoms with E-state index in [1.165, 1.54) is 13.2 Å². The highest BCUT2D eigenvalue weighted by Gasteiger charge is 2.35. The van der Waals surface area contributed by atoms with Crippen molar-refractivity contribution in [3.63, 3.8) is 0 Å². The third-order valence-electron chi connectivity index (χ3n) is 3.48. The fourth-order valence-electron chi connectivity index (χ4n) is 2.63. The number of rotatable bonds is 2. The molecule has 94 valence electrons. The highest BCUT2D eigenvalue weighted by molar-refractivity contribution is 5.41. The van der Waals surface area contributed by atoms with E-state index in [-0.39, 0.29) is 5.75 Å². The van der Waals surface area contributed by atoms with Gasteiger partial charge < -0.3 is 10.5 Å². The lowest BCUT2D eigenvalue weighted by molar-refractivity contribution is 0.278. The molecule has 1 aliphatic carbocycles. The lowest BCUT2D eigenvalue weighted by Gasteiger charge is -2.35. The topological polar surface area (TPSA) is 35.2 Å². The average molecular weight is 241 g/mol. The van der Waals surface area contributed by atoms with E-state index in [1.807, 2.05) is 0 Å². The van der Waals surface area contributed by atoms with E-state index in [2.05, 4.69) is 0 Å². The Hall–Kier alpha value is -1.16. The summed E-state index contributed by atoms with van der Waals surface area (Å²) in [5.41, 5.74) is 5.86. The molecular weight excluding hydrogens is 224 g/mol. The maximum absolute atomic E-state index is 13.9. The predicted octanol–water partition coefficient (Wildman–Crippen LogP) is 3.09. The lowest BCUT2D eigenvalue weighted by atomic mass is 9.77. The third kappa shape index (κ3) is 2.27. The molecule has 1 fully saturated rings. The second-order valence-electron chi connectivity index (χ2n) is 4.68. The van der Waals surface area contributed by atoms with E-state index in [1.54, 1.807) is 0 Å². The maximum atomic E-state index is 13.9. The highest BCUT2D eigenvalue weighted by Crippen LogP contribution is 2.40. The smallest absolute Gasteiger partial charge is 0.134 e. The molecule has 0 saturated heterocycles. The number of nitrogens with two attached hydrogens (primary N) is 1. The third-order valence-corrected chi connectivity index (χ3v) is 3.48. The van der Waals surface area contributed by atoms with Crippen LogP contribution in [0.25, 0.3) is 0 Å². The highest BCUT2D eigenvalue weighted by atomic mass is 19.1. The Labute approximate surface area is 99.8 Å². The molecule has 1 aromatic rings. The zero-order valence-corrected chi connectivity index (χ0v) is 9.93. The zero-order valence-electron chi connectivity index (χ0n) is 9.93. The Morgan fingerprint density at radius 1 is 1.18 bits per heavy atom. The zero-order chi connectivity index (χ0) is 12.5. The second-order valence-corrected chi connectivity index (χ2v) is 4.68. The fourth-order valence-corrected chi connectivity index (χ4v) is 2.63. The summed E-state index contributed by atoms with van der Waals surface area (Å²) in [4.78, 5) is 0. The van der Waals surface area contributed by atoms with E-state index in [0.29, 0.717) is 18.4 Å². The fraction of sp³-hybridized carbons (Fsp3) is 0.538. The van der Waals surface area contributed by atoms with Crippen molar-refractivity contribution in [1.82, 2.24) is 0 Å². The van der Waals surface area contributed by atoms with Gasteiger partial charge in [-0.25, -0.2) is 8.78 Å². The normalized spacial score (nSPS) is 19.1. The van der Waals surface area contributed by atoms with Gasteiger partial charge in [-0.2, -0.15) is 0 Å². The summed E-state index contributed by atoms with van der Waals surface area (Å²) in [6.07, 6.45) is 4.48. The Kier molecular flexibility index (Phi) is 3.33. The van der Waals surface area contributed by atoms with Crippen molar-refractivity contribution in [2.24, 2.45) is 5.73 Å². The molecule has 17 heavy (non-hydrogen) atoms. The minimum Gasteiger partial charge on any atom is -0.496 e. The Morgan fingerprint density at radius 2 is 1.82 bits per heavy atom.